The van der Waals surface area contributed by atoms with Crippen LogP contribution >= 0.6 is 0 Å². The van der Waals surface area contributed by atoms with E-state index in [2.05, 4.69) is 4.99 Å². The molecule has 0 bridgehead atoms. The summed E-state index contributed by atoms with van der Waals surface area (Å²) in [5.74, 6) is -0.427. The first-order valence-corrected chi connectivity index (χ1v) is 6.32. The smallest absolute Gasteiger partial charge is 0.311 e. The number of carbonyl (C=O) groups is 1. The van der Waals surface area contributed by atoms with E-state index in [9.17, 15) is 9.90 Å². The topological polar surface area (TPSA) is 58.9 Å². The van der Waals surface area contributed by atoms with Crippen molar-refractivity contribution in [1.29, 1.82) is 0 Å². The number of rotatable bonds is 4. The minimum absolute atomic E-state index is 0.0894. The summed E-state index contributed by atoms with van der Waals surface area (Å²) in [6.07, 6.45) is 1.88. The van der Waals surface area contributed by atoms with Gasteiger partial charge in [-0.2, -0.15) is 0 Å². The molecule has 2 aromatic rings. The van der Waals surface area contributed by atoms with E-state index in [1.54, 1.807) is 25.3 Å². The fourth-order valence-electron chi connectivity index (χ4n) is 1.59. The summed E-state index contributed by atoms with van der Waals surface area (Å²) in [6, 6.07) is 14.3. The van der Waals surface area contributed by atoms with Crippen LogP contribution < -0.4 is 4.74 Å². The predicted octanol–water partition coefficient (Wildman–Crippen LogP) is 3.46. The van der Waals surface area contributed by atoms with Gasteiger partial charge in [0.05, 0.1) is 0 Å². The molecule has 0 radical (unpaired) electrons. The number of phenolic OH excluding ortho intramolecular Hbond substituents is 1. The largest absolute Gasteiger partial charge is 0.504 e. The number of nitrogens with zero attached hydrogens (tertiary/aromatic N) is 1. The summed E-state index contributed by atoms with van der Waals surface area (Å²) in [5.41, 5.74) is 1.33. The van der Waals surface area contributed by atoms with Gasteiger partial charge in [0.25, 0.3) is 0 Å². The van der Waals surface area contributed by atoms with Crippen LogP contribution in [0.4, 0.5) is 5.69 Å². The molecule has 0 amide bonds. The summed E-state index contributed by atoms with van der Waals surface area (Å²) >= 11 is 0. The molecule has 20 heavy (non-hydrogen) atoms. The number of aliphatic imine (C=N–C) groups is 1. The van der Waals surface area contributed by atoms with Gasteiger partial charge < -0.3 is 9.84 Å². The zero-order valence-corrected chi connectivity index (χ0v) is 11.1. The van der Waals surface area contributed by atoms with Gasteiger partial charge in [0.2, 0.25) is 0 Å². The van der Waals surface area contributed by atoms with Crippen LogP contribution in [0, 0.1) is 0 Å². The molecule has 0 saturated carbocycles. The Morgan fingerprint density at radius 3 is 2.65 bits per heavy atom. The number of carbonyl (C=O) groups excluding carboxylic acids is 1. The number of ether oxygens (including phenoxy) is 1. The molecule has 102 valence electrons. The Labute approximate surface area is 117 Å². The lowest BCUT2D eigenvalue weighted by Gasteiger charge is -2.07. The highest BCUT2D eigenvalue weighted by Gasteiger charge is 2.11. The van der Waals surface area contributed by atoms with E-state index in [0.717, 1.165) is 5.56 Å². The molecule has 0 aliphatic heterocycles. The highest BCUT2D eigenvalue weighted by Crippen LogP contribution is 2.36. The van der Waals surface area contributed by atoms with Crippen LogP contribution in [0.25, 0.3) is 0 Å². The number of aromatic hydroxyl groups is 1. The maximum absolute atomic E-state index is 11.4. The SMILES string of the molecule is CCC(=O)Oc1c(O)cccc1/N=C/c1ccccc1. The zero-order valence-electron chi connectivity index (χ0n) is 11.1. The van der Waals surface area contributed by atoms with Crippen LogP contribution in [0.15, 0.2) is 53.5 Å². The quantitative estimate of drug-likeness (QED) is 0.525. The van der Waals surface area contributed by atoms with Crippen LogP contribution in [-0.2, 0) is 4.79 Å². The summed E-state index contributed by atoms with van der Waals surface area (Å²) in [5, 5.41) is 9.78. The third kappa shape index (κ3) is 3.45. The lowest BCUT2D eigenvalue weighted by atomic mass is 10.2. The van der Waals surface area contributed by atoms with Gasteiger partial charge in [-0.05, 0) is 17.7 Å². The fraction of sp³-hybridized carbons (Fsp3) is 0.125. The Balaban J connectivity index is 2.29. The predicted molar refractivity (Wildman–Crippen MR) is 77.7 cm³/mol. The second kappa shape index (κ2) is 6.52. The monoisotopic (exact) mass is 269 g/mol. The molecule has 0 atom stereocenters. The first-order chi connectivity index (χ1) is 9.70. The van der Waals surface area contributed by atoms with E-state index in [1.165, 1.54) is 6.07 Å². The molecule has 0 heterocycles. The fourth-order valence-corrected chi connectivity index (χ4v) is 1.59. The average Bonchev–Trinajstić information content (AvgIpc) is 2.48. The van der Waals surface area contributed by atoms with Gasteiger partial charge in [0.15, 0.2) is 11.5 Å². The minimum Gasteiger partial charge on any atom is -0.504 e. The number of phenols is 1. The van der Waals surface area contributed by atoms with Gasteiger partial charge in [-0.15, -0.1) is 0 Å². The van der Waals surface area contributed by atoms with Gasteiger partial charge in [0, 0.05) is 12.6 Å². The van der Waals surface area contributed by atoms with Crippen molar-refractivity contribution >= 4 is 17.9 Å². The van der Waals surface area contributed by atoms with Crippen molar-refractivity contribution in [3.8, 4) is 11.5 Å². The van der Waals surface area contributed by atoms with Crippen LogP contribution in [0.5, 0.6) is 11.5 Å². The molecule has 4 heteroatoms. The average molecular weight is 269 g/mol. The van der Waals surface area contributed by atoms with Gasteiger partial charge in [-0.3, -0.25) is 9.79 Å². The second-order valence-electron chi connectivity index (χ2n) is 4.12. The molecule has 0 fully saturated rings. The van der Waals surface area contributed by atoms with Crippen molar-refractivity contribution in [2.75, 3.05) is 0 Å². The standard InChI is InChI=1S/C16H15NO3/c1-2-15(19)20-16-13(9-6-10-14(16)18)17-11-12-7-4-3-5-8-12/h3-11,18H,2H2,1H3/b17-11+. The van der Waals surface area contributed by atoms with E-state index < -0.39 is 5.97 Å². The van der Waals surface area contributed by atoms with Gasteiger partial charge in [0.1, 0.15) is 5.69 Å². The molecule has 0 spiro atoms. The van der Waals surface area contributed by atoms with Crippen molar-refractivity contribution in [2.24, 2.45) is 4.99 Å². The molecule has 0 aliphatic rings. The Bertz CT molecular complexity index is 621. The molecule has 4 nitrogen and oxygen atoms in total. The van der Waals surface area contributed by atoms with Crippen molar-refractivity contribution in [1.82, 2.24) is 0 Å². The molecule has 0 aliphatic carbocycles. The van der Waals surface area contributed by atoms with E-state index in [1.807, 2.05) is 30.3 Å². The maximum Gasteiger partial charge on any atom is 0.311 e. The van der Waals surface area contributed by atoms with Crippen molar-refractivity contribution in [2.45, 2.75) is 13.3 Å². The number of benzene rings is 2. The normalized spacial score (nSPS) is 10.7. The van der Waals surface area contributed by atoms with Crippen LogP contribution in [0.1, 0.15) is 18.9 Å². The first-order valence-electron chi connectivity index (χ1n) is 6.32. The Morgan fingerprint density at radius 1 is 1.20 bits per heavy atom. The number of para-hydroxylation sites is 1. The van der Waals surface area contributed by atoms with E-state index in [-0.39, 0.29) is 17.9 Å². The Kier molecular flexibility index (Phi) is 4.50. The lowest BCUT2D eigenvalue weighted by Crippen LogP contribution is -2.05. The number of esters is 1. The van der Waals surface area contributed by atoms with E-state index in [0.29, 0.717) is 5.69 Å². The third-order valence-corrected chi connectivity index (χ3v) is 2.63. The highest BCUT2D eigenvalue weighted by atomic mass is 16.5. The van der Waals surface area contributed by atoms with Gasteiger partial charge in [-0.1, -0.05) is 43.3 Å². The molecule has 2 rings (SSSR count). The molecule has 2 aromatic carbocycles. The highest BCUT2D eigenvalue weighted by molar-refractivity contribution is 5.84. The summed E-state index contributed by atoms with van der Waals surface area (Å²) in [7, 11) is 0. The molecule has 0 aromatic heterocycles. The molecule has 1 N–H and O–H groups in total. The minimum atomic E-state index is -0.414. The van der Waals surface area contributed by atoms with Crippen molar-refractivity contribution in [3.05, 3.63) is 54.1 Å². The lowest BCUT2D eigenvalue weighted by molar-refractivity contribution is -0.134. The van der Waals surface area contributed by atoms with E-state index in [4.69, 9.17) is 4.74 Å². The summed E-state index contributed by atoms with van der Waals surface area (Å²) in [6.45, 7) is 1.69. The third-order valence-electron chi connectivity index (χ3n) is 2.63. The molecular formula is C16H15NO3. The first kappa shape index (κ1) is 13.8. The number of hydrogen-bond donors (Lipinski definition) is 1. The van der Waals surface area contributed by atoms with Crippen LogP contribution in [0.3, 0.4) is 0 Å². The van der Waals surface area contributed by atoms with Gasteiger partial charge >= 0.3 is 5.97 Å². The Morgan fingerprint density at radius 2 is 1.95 bits per heavy atom. The second-order valence-corrected chi connectivity index (χ2v) is 4.12. The van der Waals surface area contributed by atoms with Crippen molar-refractivity contribution in [3.63, 3.8) is 0 Å². The Hall–Kier alpha value is -2.62. The molecule has 0 saturated heterocycles. The molecule has 0 unspecified atom stereocenters. The maximum atomic E-state index is 11.4. The summed E-state index contributed by atoms with van der Waals surface area (Å²) < 4.78 is 5.11. The zero-order chi connectivity index (χ0) is 14.4. The van der Waals surface area contributed by atoms with Crippen LogP contribution in [-0.4, -0.2) is 17.3 Å². The van der Waals surface area contributed by atoms with Crippen LogP contribution in [0.2, 0.25) is 0 Å². The molecular weight excluding hydrogens is 254 g/mol. The summed E-state index contributed by atoms with van der Waals surface area (Å²) in [4.78, 5) is 15.6. The van der Waals surface area contributed by atoms with E-state index >= 15 is 0 Å². The number of hydrogen-bond acceptors (Lipinski definition) is 4. The van der Waals surface area contributed by atoms with Gasteiger partial charge in [-0.25, -0.2) is 0 Å². The van der Waals surface area contributed by atoms with Crippen molar-refractivity contribution < 1.29 is 14.6 Å².